The van der Waals surface area contributed by atoms with Crippen molar-refractivity contribution in [2.24, 2.45) is 5.92 Å². The minimum atomic E-state index is 0.0368. The van der Waals surface area contributed by atoms with Gasteiger partial charge in [-0.15, -0.1) is 0 Å². The summed E-state index contributed by atoms with van der Waals surface area (Å²) in [5.41, 5.74) is 0. The molecular formula is C14H26N4O2. The summed E-state index contributed by atoms with van der Waals surface area (Å²) in [4.78, 5) is 29.7. The summed E-state index contributed by atoms with van der Waals surface area (Å²) in [5, 5.41) is 2.63. The predicted molar refractivity (Wildman–Crippen MR) is 77.4 cm³/mol. The van der Waals surface area contributed by atoms with E-state index in [1.165, 1.54) is 0 Å². The van der Waals surface area contributed by atoms with E-state index in [2.05, 4.69) is 17.1 Å². The minimum Gasteiger partial charge on any atom is -0.358 e. The van der Waals surface area contributed by atoms with Crippen LogP contribution >= 0.6 is 0 Å². The molecule has 0 saturated carbocycles. The van der Waals surface area contributed by atoms with Crippen molar-refractivity contribution in [3.8, 4) is 0 Å². The van der Waals surface area contributed by atoms with E-state index in [0.29, 0.717) is 6.54 Å². The van der Waals surface area contributed by atoms with Crippen molar-refractivity contribution in [1.29, 1.82) is 0 Å². The van der Waals surface area contributed by atoms with Gasteiger partial charge in [0.25, 0.3) is 0 Å². The molecule has 114 valence electrons. The summed E-state index contributed by atoms with van der Waals surface area (Å²) in [6.07, 6.45) is 2.23. The van der Waals surface area contributed by atoms with Gasteiger partial charge in [-0.1, -0.05) is 6.92 Å². The monoisotopic (exact) mass is 282 g/mol. The Labute approximate surface area is 121 Å². The highest BCUT2D eigenvalue weighted by Crippen LogP contribution is 2.17. The molecule has 1 N–H and O–H groups in total. The molecule has 20 heavy (non-hydrogen) atoms. The third kappa shape index (κ3) is 3.85. The molecule has 0 bridgehead atoms. The Morgan fingerprint density at radius 3 is 2.10 bits per heavy atom. The van der Waals surface area contributed by atoms with Crippen LogP contribution in [0.25, 0.3) is 0 Å². The summed E-state index contributed by atoms with van der Waals surface area (Å²) in [5.74, 6) is 0.776. The van der Waals surface area contributed by atoms with Crippen LogP contribution < -0.4 is 5.32 Å². The highest BCUT2D eigenvalue weighted by Gasteiger charge is 2.27. The molecule has 0 aromatic heterocycles. The number of piperazine rings is 1. The normalized spacial score (nSPS) is 21.9. The maximum atomic E-state index is 12.4. The molecule has 0 aromatic carbocycles. The highest BCUT2D eigenvalue weighted by atomic mass is 16.2. The summed E-state index contributed by atoms with van der Waals surface area (Å²) in [6.45, 7) is 7.46. The first-order valence-corrected chi connectivity index (χ1v) is 7.57. The first-order chi connectivity index (χ1) is 9.60. The number of nitrogens with zero attached hydrogens (tertiary/aromatic N) is 3. The van der Waals surface area contributed by atoms with Crippen LogP contribution in [0.1, 0.15) is 19.8 Å². The standard InChI is InChI=1S/C14H26N4O2/c1-12-3-5-17(6-4-12)14(20)18-9-7-16(8-10-18)11-13(19)15-2/h12H,3-11H2,1-2H3,(H,15,19). The molecule has 2 rings (SSSR count). The predicted octanol–water partition coefficient (Wildman–Crippen LogP) is 0.202. The number of urea groups is 1. The van der Waals surface area contributed by atoms with Gasteiger partial charge in [0, 0.05) is 46.3 Å². The second-order valence-corrected chi connectivity index (χ2v) is 5.89. The Balaban J connectivity index is 1.75. The topological polar surface area (TPSA) is 55.9 Å². The van der Waals surface area contributed by atoms with Gasteiger partial charge in [0.2, 0.25) is 5.91 Å². The van der Waals surface area contributed by atoms with Crippen molar-refractivity contribution in [2.75, 3.05) is 52.9 Å². The zero-order valence-electron chi connectivity index (χ0n) is 12.6. The quantitative estimate of drug-likeness (QED) is 0.787. The van der Waals surface area contributed by atoms with Gasteiger partial charge in [0.1, 0.15) is 0 Å². The minimum absolute atomic E-state index is 0.0368. The van der Waals surface area contributed by atoms with E-state index in [1.54, 1.807) is 7.05 Å². The van der Waals surface area contributed by atoms with Gasteiger partial charge in [0.05, 0.1) is 6.54 Å². The Morgan fingerprint density at radius 1 is 1.00 bits per heavy atom. The van der Waals surface area contributed by atoms with E-state index >= 15 is 0 Å². The number of likely N-dealkylation sites (tertiary alicyclic amines) is 1. The summed E-state index contributed by atoms with van der Waals surface area (Å²) >= 11 is 0. The molecule has 0 spiro atoms. The lowest BCUT2D eigenvalue weighted by Crippen LogP contribution is -2.55. The fourth-order valence-electron chi connectivity index (χ4n) is 2.78. The van der Waals surface area contributed by atoms with Crippen molar-refractivity contribution >= 4 is 11.9 Å². The Kier molecular flexibility index (Phi) is 5.23. The summed E-state index contributed by atoms with van der Waals surface area (Å²) < 4.78 is 0. The van der Waals surface area contributed by atoms with Crippen molar-refractivity contribution in [3.05, 3.63) is 0 Å². The number of likely N-dealkylation sites (N-methyl/N-ethyl adjacent to an activating group) is 1. The van der Waals surface area contributed by atoms with E-state index < -0.39 is 0 Å². The first kappa shape index (κ1) is 15.1. The van der Waals surface area contributed by atoms with Crippen molar-refractivity contribution in [1.82, 2.24) is 20.0 Å². The lowest BCUT2D eigenvalue weighted by Gasteiger charge is -2.39. The van der Waals surface area contributed by atoms with Gasteiger partial charge >= 0.3 is 6.03 Å². The number of carbonyl (C=O) groups excluding carboxylic acids is 2. The third-order valence-corrected chi connectivity index (χ3v) is 4.34. The molecule has 2 heterocycles. The van der Waals surface area contributed by atoms with Crippen molar-refractivity contribution < 1.29 is 9.59 Å². The second kappa shape index (κ2) is 6.92. The molecule has 0 aliphatic carbocycles. The summed E-state index contributed by atoms with van der Waals surface area (Å²) in [7, 11) is 1.65. The van der Waals surface area contributed by atoms with Gasteiger partial charge in [0.15, 0.2) is 0 Å². The van der Waals surface area contributed by atoms with Crippen LogP contribution in [0.3, 0.4) is 0 Å². The number of amides is 3. The molecule has 0 aromatic rings. The molecule has 0 unspecified atom stereocenters. The SMILES string of the molecule is CNC(=O)CN1CCN(C(=O)N2CCC(C)CC2)CC1. The van der Waals surface area contributed by atoms with Crippen molar-refractivity contribution in [2.45, 2.75) is 19.8 Å². The zero-order valence-corrected chi connectivity index (χ0v) is 12.6. The molecule has 2 aliphatic rings. The molecule has 0 radical (unpaired) electrons. The Bertz CT molecular complexity index is 345. The number of nitrogens with one attached hydrogen (secondary N) is 1. The Hall–Kier alpha value is -1.30. The van der Waals surface area contributed by atoms with Gasteiger partial charge in [-0.05, 0) is 18.8 Å². The molecule has 3 amide bonds. The largest absolute Gasteiger partial charge is 0.358 e. The maximum absolute atomic E-state index is 12.4. The Morgan fingerprint density at radius 2 is 1.55 bits per heavy atom. The van der Waals surface area contributed by atoms with Crippen LogP contribution in [0.2, 0.25) is 0 Å². The lowest BCUT2D eigenvalue weighted by molar-refractivity contribution is -0.122. The maximum Gasteiger partial charge on any atom is 0.320 e. The average Bonchev–Trinajstić information content (AvgIpc) is 2.48. The summed E-state index contributed by atoms with van der Waals surface area (Å²) in [6, 6.07) is 0.177. The fraction of sp³-hybridized carbons (Fsp3) is 0.857. The molecule has 6 nitrogen and oxygen atoms in total. The average molecular weight is 282 g/mol. The highest BCUT2D eigenvalue weighted by molar-refractivity contribution is 5.78. The van der Waals surface area contributed by atoms with Crippen LogP contribution in [0, 0.1) is 5.92 Å². The van der Waals surface area contributed by atoms with Gasteiger partial charge < -0.3 is 15.1 Å². The van der Waals surface area contributed by atoms with Crippen LogP contribution in [0.4, 0.5) is 4.79 Å². The second-order valence-electron chi connectivity index (χ2n) is 5.89. The van der Waals surface area contributed by atoms with E-state index in [4.69, 9.17) is 0 Å². The van der Waals surface area contributed by atoms with Crippen LogP contribution in [-0.4, -0.2) is 79.5 Å². The van der Waals surface area contributed by atoms with E-state index in [0.717, 1.165) is 58.0 Å². The first-order valence-electron chi connectivity index (χ1n) is 7.57. The number of hydrogen-bond acceptors (Lipinski definition) is 3. The van der Waals surface area contributed by atoms with E-state index in [-0.39, 0.29) is 11.9 Å². The molecule has 2 saturated heterocycles. The van der Waals surface area contributed by atoms with Gasteiger partial charge in [-0.2, -0.15) is 0 Å². The van der Waals surface area contributed by atoms with Gasteiger partial charge in [-0.25, -0.2) is 4.79 Å². The fourth-order valence-corrected chi connectivity index (χ4v) is 2.78. The lowest BCUT2D eigenvalue weighted by atomic mass is 9.99. The number of carbonyl (C=O) groups is 2. The third-order valence-electron chi connectivity index (χ3n) is 4.34. The number of hydrogen-bond donors (Lipinski definition) is 1. The van der Waals surface area contributed by atoms with E-state index in [1.807, 2.05) is 9.80 Å². The number of piperidine rings is 1. The molecule has 0 atom stereocenters. The molecular weight excluding hydrogens is 256 g/mol. The number of rotatable bonds is 2. The zero-order chi connectivity index (χ0) is 14.5. The molecule has 6 heteroatoms. The molecule has 2 fully saturated rings. The van der Waals surface area contributed by atoms with Crippen LogP contribution in [-0.2, 0) is 4.79 Å². The van der Waals surface area contributed by atoms with E-state index in [9.17, 15) is 9.59 Å². The molecule has 2 aliphatic heterocycles. The van der Waals surface area contributed by atoms with Crippen LogP contribution in [0.5, 0.6) is 0 Å². The van der Waals surface area contributed by atoms with Crippen LogP contribution in [0.15, 0.2) is 0 Å². The van der Waals surface area contributed by atoms with Gasteiger partial charge in [-0.3, -0.25) is 9.69 Å². The smallest absolute Gasteiger partial charge is 0.320 e. The van der Waals surface area contributed by atoms with Crippen molar-refractivity contribution in [3.63, 3.8) is 0 Å².